The first-order valence-electron chi connectivity index (χ1n) is 13.9. The predicted molar refractivity (Wildman–Crippen MR) is 183 cm³/mol. The average Bonchev–Trinajstić information content (AvgIpc) is 3.07. The number of esters is 2. The minimum atomic E-state index is -1.48. The van der Waals surface area contributed by atoms with E-state index in [-0.39, 0.29) is 28.2 Å². The number of carbonyl (C=O) groups is 3. The fourth-order valence-corrected chi connectivity index (χ4v) is 4.40. The van der Waals surface area contributed by atoms with E-state index >= 15 is 0 Å². The second-order valence-electron chi connectivity index (χ2n) is 9.70. The molecular formula is C35H22Cl4N2O7. The van der Waals surface area contributed by atoms with Crippen LogP contribution in [0.15, 0.2) is 120 Å². The monoisotopic (exact) mass is 722 g/mol. The van der Waals surface area contributed by atoms with Crippen molar-refractivity contribution in [3.63, 3.8) is 0 Å². The summed E-state index contributed by atoms with van der Waals surface area (Å²) in [5.41, 5.74) is 3.07. The fraction of sp³-hybridized carbons (Fsp3) is 0.0286. The molecule has 5 aromatic carbocycles. The Labute approximate surface area is 294 Å². The molecule has 0 unspecified atom stereocenters. The smallest absolute Gasteiger partial charge is 0.343 e. The van der Waals surface area contributed by atoms with Crippen molar-refractivity contribution >= 4 is 70.5 Å². The Morgan fingerprint density at radius 2 is 0.979 bits per heavy atom. The number of nitrogens with one attached hydrogen (secondary N) is 1. The molecular weight excluding hydrogens is 702 g/mol. The Morgan fingerprint density at radius 1 is 0.562 bits per heavy atom. The van der Waals surface area contributed by atoms with E-state index in [9.17, 15) is 14.4 Å². The van der Waals surface area contributed by atoms with Gasteiger partial charge in [0.15, 0.2) is 0 Å². The van der Waals surface area contributed by atoms with Gasteiger partial charge in [-0.2, -0.15) is 5.10 Å². The molecule has 48 heavy (non-hydrogen) atoms. The lowest BCUT2D eigenvalue weighted by Gasteiger charge is -2.19. The highest BCUT2D eigenvalue weighted by molar-refractivity contribution is 6.31. The van der Waals surface area contributed by atoms with Crippen LogP contribution in [0, 0.1) is 0 Å². The molecule has 13 heteroatoms. The molecule has 9 nitrogen and oxygen atoms in total. The van der Waals surface area contributed by atoms with Crippen LogP contribution in [0.5, 0.6) is 23.0 Å². The van der Waals surface area contributed by atoms with E-state index in [1.807, 2.05) is 0 Å². The SMILES string of the molecule is O=C(Oc1ccc(/C=N/NC(=O)C(Oc2ccc(Cl)cc2)Oc2ccc(Cl)cc2)c(OC(=O)c2ccc(Cl)cc2)c1)c1ccc(Cl)cc1. The molecule has 242 valence electrons. The van der Waals surface area contributed by atoms with Crippen LogP contribution in [-0.4, -0.2) is 30.4 Å². The van der Waals surface area contributed by atoms with Crippen molar-refractivity contribution in [2.75, 3.05) is 0 Å². The lowest BCUT2D eigenvalue weighted by atomic mass is 10.2. The van der Waals surface area contributed by atoms with Gasteiger partial charge >= 0.3 is 24.1 Å². The van der Waals surface area contributed by atoms with Crippen molar-refractivity contribution in [2.45, 2.75) is 6.29 Å². The van der Waals surface area contributed by atoms with Crippen LogP contribution >= 0.6 is 46.4 Å². The zero-order chi connectivity index (χ0) is 34.0. The maximum absolute atomic E-state index is 13.2. The van der Waals surface area contributed by atoms with Crippen molar-refractivity contribution in [3.8, 4) is 23.0 Å². The molecule has 0 atom stereocenters. The molecule has 0 radical (unpaired) electrons. The van der Waals surface area contributed by atoms with E-state index in [1.165, 1.54) is 60.8 Å². The predicted octanol–water partition coefficient (Wildman–Crippen LogP) is 8.67. The minimum absolute atomic E-state index is 0.0271. The largest absolute Gasteiger partial charge is 0.446 e. The van der Waals surface area contributed by atoms with E-state index in [0.29, 0.717) is 31.6 Å². The average molecular weight is 724 g/mol. The minimum Gasteiger partial charge on any atom is -0.446 e. The third-order valence-electron chi connectivity index (χ3n) is 6.26. The normalized spacial score (nSPS) is 10.9. The van der Waals surface area contributed by atoms with Crippen LogP contribution < -0.4 is 24.4 Å². The topological polar surface area (TPSA) is 113 Å². The van der Waals surface area contributed by atoms with E-state index in [4.69, 9.17) is 65.4 Å². The number of carbonyl (C=O) groups excluding carboxylic acids is 3. The summed E-state index contributed by atoms with van der Waals surface area (Å²) in [7, 11) is 0. The van der Waals surface area contributed by atoms with E-state index in [2.05, 4.69) is 10.5 Å². The first kappa shape index (κ1) is 34.3. The van der Waals surface area contributed by atoms with E-state index in [0.717, 1.165) is 0 Å². The summed E-state index contributed by atoms with van der Waals surface area (Å²) in [5.74, 6) is -1.51. The zero-order valence-corrected chi connectivity index (χ0v) is 27.5. The summed E-state index contributed by atoms with van der Waals surface area (Å²) < 4.78 is 22.6. The molecule has 0 saturated heterocycles. The summed E-state index contributed by atoms with van der Waals surface area (Å²) in [6.45, 7) is 0. The van der Waals surface area contributed by atoms with Gasteiger partial charge in [-0.25, -0.2) is 15.0 Å². The van der Waals surface area contributed by atoms with Gasteiger partial charge in [0.2, 0.25) is 0 Å². The van der Waals surface area contributed by atoms with Crippen molar-refractivity contribution in [3.05, 3.63) is 152 Å². The van der Waals surface area contributed by atoms with Gasteiger partial charge in [-0.15, -0.1) is 0 Å². The van der Waals surface area contributed by atoms with Crippen molar-refractivity contribution < 1.29 is 33.3 Å². The first-order valence-corrected chi connectivity index (χ1v) is 15.4. The number of ether oxygens (including phenoxy) is 4. The zero-order valence-electron chi connectivity index (χ0n) is 24.4. The highest BCUT2D eigenvalue weighted by Crippen LogP contribution is 2.27. The summed E-state index contributed by atoms with van der Waals surface area (Å²) in [4.78, 5) is 38.9. The Hall–Kier alpha value is -5.06. The van der Waals surface area contributed by atoms with Gasteiger partial charge in [0.25, 0.3) is 0 Å². The van der Waals surface area contributed by atoms with Gasteiger partial charge in [-0.3, -0.25) is 4.79 Å². The molecule has 0 aliphatic carbocycles. The Morgan fingerprint density at radius 3 is 1.46 bits per heavy atom. The molecule has 5 aromatic rings. The van der Waals surface area contributed by atoms with Crippen LogP contribution in [0.3, 0.4) is 0 Å². The highest BCUT2D eigenvalue weighted by atomic mass is 35.5. The molecule has 0 spiro atoms. The summed E-state index contributed by atoms with van der Waals surface area (Å²) in [6.07, 6.45) is -0.254. The summed E-state index contributed by atoms with van der Waals surface area (Å²) >= 11 is 23.8. The van der Waals surface area contributed by atoms with E-state index in [1.54, 1.807) is 60.7 Å². The van der Waals surface area contributed by atoms with Crippen LogP contribution in [0.4, 0.5) is 0 Å². The molecule has 1 amide bonds. The molecule has 0 aliphatic heterocycles. The lowest BCUT2D eigenvalue weighted by Crippen LogP contribution is -2.40. The van der Waals surface area contributed by atoms with Crippen molar-refractivity contribution in [2.24, 2.45) is 5.10 Å². The Kier molecular flexibility index (Phi) is 11.5. The Bertz CT molecular complexity index is 1890. The van der Waals surface area contributed by atoms with Gasteiger partial charge in [0.1, 0.15) is 23.0 Å². The summed E-state index contributed by atoms with van der Waals surface area (Å²) in [6, 6.07) is 29.1. The number of benzene rings is 5. The summed E-state index contributed by atoms with van der Waals surface area (Å²) in [5, 5.41) is 5.86. The van der Waals surface area contributed by atoms with Gasteiger partial charge in [0, 0.05) is 31.7 Å². The van der Waals surface area contributed by atoms with Gasteiger partial charge in [0.05, 0.1) is 17.3 Å². The third-order valence-corrected chi connectivity index (χ3v) is 7.27. The van der Waals surface area contributed by atoms with Gasteiger partial charge in [-0.05, 0) is 109 Å². The highest BCUT2D eigenvalue weighted by Gasteiger charge is 2.23. The van der Waals surface area contributed by atoms with E-state index < -0.39 is 24.1 Å². The third kappa shape index (κ3) is 9.73. The number of halogens is 4. The molecule has 5 rings (SSSR count). The van der Waals surface area contributed by atoms with Crippen molar-refractivity contribution in [1.82, 2.24) is 5.43 Å². The van der Waals surface area contributed by atoms with Gasteiger partial charge in [-0.1, -0.05) is 46.4 Å². The number of hydrogen-bond donors (Lipinski definition) is 1. The number of amides is 1. The maximum atomic E-state index is 13.2. The quantitative estimate of drug-likeness (QED) is 0.0477. The number of nitrogens with zero attached hydrogens (tertiary/aromatic N) is 1. The van der Waals surface area contributed by atoms with Crippen LogP contribution in [0.2, 0.25) is 20.1 Å². The second kappa shape index (κ2) is 16.2. The van der Waals surface area contributed by atoms with Crippen molar-refractivity contribution in [1.29, 1.82) is 0 Å². The lowest BCUT2D eigenvalue weighted by molar-refractivity contribution is -0.140. The maximum Gasteiger partial charge on any atom is 0.343 e. The number of hydrogen-bond acceptors (Lipinski definition) is 8. The molecule has 0 aliphatic rings. The molecule has 0 aromatic heterocycles. The Balaban J connectivity index is 1.36. The molecule has 0 bridgehead atoms. The van der Waals surface area contributed by atoms with Crippen LogP contribution in [0.1, 0.15) is 26.3 Å². The number of hydrazone groups is 1. The standard InChI is InChI=1S/C35H22Cl4N2O7/c36-24-6-1-21(2-7-24)33(43)45-30-14-5-23(31(19-30)48-34(44)22-3-8-25(37)9-4-22)20-40-41-32(42)35(46-28-15-10-26(38)11-16-28)47-29-17-12-27(39)13-18-29/h1-20,35H,(H,41,42)/b40-20+. The molecule has 0 saturated carbocycles. The number of rotatable bonds is 11. The van der Waals surface area contributed by atoms with Crippen LogP contribution in [0.25, 0.3) is 0 Å². The molecule has 0 heterocycles. The molecule has 0 fully saturated rings. The second-order valence-corrected chi connectivity index (χ2v) is 11.4. The molecule has 1 N–H and O–H groups in total. The fourth-order valence-electron chi connectivity index (χ4n) is 3.89. The van der Waals surface area contributed by atoms with Gasteiger partial charge < -0.3 is 18.9 Å². The van der Waals surface area contributed by atoms with Crippen LogP contribution in [-0.2, 0) is 4.79 Å². The first-order chi connectivity index (χ1) is 23.1.